The van der Waals surface area contributed by atoms with Crippen molar-refractivity contribution in [2.24, 2.45) is 0 Å². The van der Waals surface area contributed by atoms with E-state index in [2.05, 4.69) is 9.71 Å². The number of aromatic nitrogens is 1. The molecule has 2 aromatic carbocycles. The van der Waals surface area contributed by atoms with E-state index in [1.807, 2.05) is 0 Å². The molecule has 0 aliphatic rings. The molecule has 6 nitrogen and oxygen atoms in total. The molecular formula is C14H10F2N2O4S3. The van der Waals surface area contributed by atoms with Crippen molar-refractivity contribution < 1.29 is 25.6 Å². The largest absolute Gasteiger partial charge is 0.279 e. The first-order valence-corrected chi connectivity index (χ1v) is 10.8. The van der Waals surface area contributed by atoms with E-state index in [4.69, 9.17) is 0 Å². The predicted molar refractivity (Wildman–Crippen MR) is 89.9 cm³/mol. The molecule has 0 spiro atoms. The molecule has 11 heteroatoms. The summed E-state index contributed by atoms with van der Waals surface area (Å²) in [5.74, 6) is -2.11. The number of halogens is 2. The van der Waals surface area contributed by atoms with Crippen molar-refractivity contribution in [3.63, 3.8) is 0 Å². The zero-order chi connectivity index (χ0) is 18.4. The van der Waals surface area contributed by atoms with Crippen LogP contribution in [0.4, 0.5) is 14.5 Å². The van der Waals surface area contributed by atoms with E-state index in [0.717, 1.165) is 29.7 Å². The maximum Gasteiger partial charge on any atom is 0.264 e. The maximum atomic E-state index is 13.7. The fraction of sp³-hybridized carbons (Fsp3) is 0.0714. The lowest BCUT2D eigenvalue weighted by Gasteiger charge is -2.08. The van der Waals surface area contributed by atoms with Crippen LogP contribution in [0.25, 0.3) is 10.2 Å². The summed E-state index contributed by atoms with van der Waals surface area (Å²) in [6, 6.07) is 6.33. The van der Waals surface area contributed by atoms with Gasteiger partial charge in [0.2, 0.25) is 14.2 Å². The van der Waals surface area contributed by atoms with Gasteiger partial charge in [-0.25, -0.2) is 30.6 Å². The van der Waals surface area contributed by atoms with Gasteiger partial charge in [0, 0.05) is 12.3 Å². The Kier molecular flexibility index (Phi) is 4.25. The molecule has 0 saturated heterocycles. The predicted octanol–water partition coefficient (Wildman–Crippen LogP) is 2.78. The molecule has 0 fully saturated rings. The van der Waals surface area contributed by atoms with Gasteiger partial charge in [0.25, 0.3) is 10.0 Å². The molecular weight excluding hydrogens is 394 g/mol. The summed E-state index contributed by atoms with van der Waals surface area (Å²) in [6.45, 7) is 0. The highest BCUT2D eigenvalue weighted by atomic mass is 32.2. The van der Waals surface area contributed by atoms with E-state index in [9.17, 15) is 25.6 Å². The summed E-state index contributed by atoms with van der Waals surface area (Å²) in [4.78, 5) is 3.26. The van der Waals surface area contributed by atoms with Crippen LogP contribution in [-0.2, 0) is 19.9 Å². The minimum atomic E-state index is -4.28. The van der Waals surface area contributed by atoms with Crippen LogP contribution >= 0.6 is 11.3 Å². The molecule has 0 radical (unpaired) electrons. The third kappa shape index (κ3) is 3.62. The topological polar surface area (TPSA) is 93.2 Å². The summed E-state index contributed by atoms with van der Waals surface area (Å²) in [5, 5.41) is 0. The highest BCUT2D eigenvalue weighted by Crippen LogP contribution is 2.29. The summed E-state index contributed by atoms with van der Waals surface area (Å²) >= 11 is 0.888. The highest BCUT2D eigenvalue weighted by Gasteiger charge is 2.20. The molecule has 132 valence electrons. The highest BCUT2D eigenvalue weighted by molar-refractivity contribution is 7.93. The lowest BCUT2D eigenvalue weighted by atomic mass is 10.3. The molecule has 3 aromatic rings. The average Bonchev–Trinajstić information content (AvgIpc) is 2.89. The minimum absolute atomic E-state index is 0.0907. The van der Waals surface area contributed by atoms with Crippen LogP contribution in [0.5, 0.6) is 0 Å². The summed E-state index contributed by atoms with van der Waals surface area (Å²) in [7, 11) is -7.76. The van der Waals surface area contributed by atoms with E-state index in [1.54, 1.807) is 0 Å². The third-order valence-corrected chi connectivity index (χ3v) is 7.23. The van der Waals surface area contributed by atoms with E-state index >= 15 is 0 Å². The van der Waals surface area contributed by atoms with Crippen molar-refractivity contribution in [1.82, 2.24) is 4.98 Å². The smallest absolute Gasteiger partial charge is 0.264 e. The fourth-order valence-corrected chi connectivity index (χ4v) is 5.01. The fourth-order valence-electron chi connectivity index (χ4n) is 2.03. The second-order valence-electron chi connectivity index (χ2n) is 5.11. The van der Waals surface area contributed by atoms with Crippen LogP contribution in [0.3, 0.4) is 0 Å². The van der Waals surface area contributed by atoms with Gasteiger partial charge in [-0.3, -0.25) is 4.72 Å². The second kappa shape index (κ2) is 6.00. The Morgan fingerprint density at radius 3 is 2.40 bits per heavy atom. The maximum absolute atomic E-state index is 13.7. The number of hydrogen-bond donors (Lipinski definition) is 1. The van der Waals surface area contributed by atoms with Crippen molar-refractivity contribution >= 4 is 47.1 Å². The molecule has 0 aliphatic heterocycles. The first-order valence-electron chi connectivity index (χ1n) is 6.65. The molecule has 3 rings (SSSR count). The molecule has 1 N–H and O–H groups in total. The molecule has 0 atom stereocenters. The molecule has 1 heterocycles. The van der Waals surface area contributed by atoms with Gasteiger partial charge in [-0.1, -0.05) is 0 Å². The van der Waals surface area contributed by atoms with E-state index < -0.39 is 36.4 Å². The van der Waals surface area contributed by atoms with E-state index in [-0.39, 0.29) is 10.0 Å². The van der Waals surface area contributed by atoms with E-state index in [1.165, 1.54) is 18.2 Å². The Hall–Kier alpha value is -2.11. The Bertz CT molecular complexity index is 1190. The van der Waals surface area contributed by atoms with Crippen LogP contribution in [0.1, 0.15) is 0 Å². The van der Waals surface area contributed by atoms with Crippen LogP contribution < -0.4 is 4.72 Å². The van der Waals surface area contributed by atoms with Crippen LogP contribution in [0.15, 0.2) is 45.6 Å². The van der Waals surface area contributed by atoms with Crippen LogP contribution in [0, 0.1) is 11.6 Å². The number of sulfone groups is 1. The van der Waals surface area contributed by atoms with Gasteiger partial charge in [0.1, 0.15) is 16.5 Å². The number of thiazole rings is 1. The SMILES string of the molecule is CS(=O)(=O)c1nc2ccc(NS(=O)(=O)c3ccc(F)cc3F)cc2s1. The van der Waals surface area contributed by atoms with Gasteiger partial charge in [-0.15, -0.1) is 11.3 Å². The van der Waals surface area contributed by atoms with Crippen LogP contribution in [0.2, 0.25) is 0 Å². The lowest BCUT2D eigenvalue weighted by Crippen LogP contribution is -2.14. The molecule has 0 aliphatic carbocycles. The van der Waals surface area contributed by atoms with Gasteiger partial charge in [0.15, 0.2) is 0 Å². The van der Waals surface area contributed by atoms with Gasteiger partial charge < -0.3 is 0 Å². The van der Waals surface area contributed by atoms with Crippen molar-refractivity contribution in [1.29, 1.82) is 0 Å². The lowest BCUT2D eigenvalue weighted by molar-refractivity contribution is 0.551. The molecule has 25 heavy (non-hydrogen) atoms. The monoisotopic (exact) mass is 404 g/mol. The number of hydrogen-bond acceptors (Lipinski definition) is 6. The Labute approximate surface area is 146 Å². The second-order valence-corrected chi connectivity index (χ2v) is 9.99. The first-order chi connectivity index (χ1) is 11.6. The number of nitrogens with zero attached hydrogens (tertiary/aromatic N) is 1. The van der Waals surface area contributed by atoms with Gasteiger partial charge in [-0.05, 0) is 30.3 Å². The number of sulfonamides is 1. The van der Waals surface area contributed by atoms with Crippen molar-refractivity contribution in [3.05, 3.63) is 48.0 Å². The number of anilines is 1. The van der Waals surface area contributed by atoms with Crippen molar-refractivity contribution in [3.8, 4) is 0 Å². The average molecular weight is 404 g/mol. The van der Waals surface area contributed by atoms with Crippen LogP contribution in [-0.4, -0.2) is 28.1 Å². The third-order valence-electron chi connectivity index (χ3n) is 3.12. The molecule has 0 unspecified atom stereocenters. The number of rotatable bonds is 4. The minimum Gasteiger partial charge on any atom is -0.279 e. The number of benzene rings is 2. The zero-order valence-electron chi connectivity index (χ0n) is 12.5. The van der Waals surface area contributed by atoms with E-state index in [0.29, 0.717) is 16.3 Å². The first kappa shape index (κ1) is 17.7. The normalized spacial score (nSPS) is 12.4. The Morgan fingerprint density at radius 1 is 1.04 bits per heavy atom. The standard InChI is InChI=1S/C14H10F2N2O4S3/c1-24(19,20)14-17-11-4-3-9(7-12(11)23-14)18-25(21,22)13-5-2-8(15)6-10(13)16/h2-7,18H,1H3. The van der Waals surface area contributed by atoms with Crippen molar-refractivity contribution in [2.75, 3.05) is 11.0 Å². The molecule has 0 saturated carbocycles. The summed E-state index contributed by atoms with van der Waals surface area (Å²) in [6.07, 6.45) is 1.02. The summed E-state index contributed by atoms with van der Waals surface area (Å²) < 4.78 is 76.7. The van der Waals surface area contributed by atoms with Gasteiger partial charge >= 0.3 is 0 Å². The van der Waals surface area contributed by atoms with Crippen molar-refractivity contribution in [2.45, 2.75) is 9.24 Å². The Balaban J connectivity index is 1.99. The molecule has 0 bridgehead atoms. The molecule has 1 aromatic heterocycles. The van der Waals surface area contributed by atoms with Gasteiger partial charge in [-0.2, -0.15) is 0 Å². The quantitative estimate of drug-likeness (QED) is 0.722. The number of nitrogens with one attached hydrogen (secondary N) is 1. The summed E-state index contributed by atoms with van der Waals surface area (Å²) in [5.41, 5.74) is 0.487. The molecule has 0 amide bonds. The number of fused-ring (bicyclic) bond motifs is 1. The van der Waals surface area contributed by atoms with Gasteiger partial charge in [0.05, 0.1) is 15.9 Å². The Morgan fingerprint density at radius 2 is 1.76 bits per heavy atom. The zero-order valence-corrected chi connectivity index (χ0v) is 15.0.